The Bertz CT molecular complexity index is 1000. The Morgan fingerprint density at radius 3 is 2.62 bits per heavy atom. The largest absolute Gasteiger partial charge is 0.464 e. The normalized spacial score (nSPS) is 12.3. The van der Waals surface area contributed by atoms with Crippen LogP contribution < -0.4 is 5.56 Å². The van der Waals surface area contributed by atoms with E-state index in [0.717, 1.165) is 28.0 Å². The lowest BCUT2D eigenvalue weighted by atomic mass is 10.0. The number of carbonyl (C=O) groups is 1. The van der Waals surface area contributed by atoms with E-state index in [0.29, 0.717) is 16.8 Å². The third kappa shape index (κ3) is 3.29. The molecule has 0 amide bonds. The van der Waals surface area contributed by atoms with Crippen LogP contribution in [0.15, 0.2) is 35.4 Å². The van der Waals surface area contributed by atoms with Crippen molar-refractivity contribution in [3.63, 3.8) is 0 Å². The molecule has 1 aromatic carbocycles. The van der Waals surface area contributed by atoms with Crippen molar-refractivity contribution >= 4 is 27.5 Å². The molecule has 0 radical (unpaired) electrons. The van der Waals surface area contributed by atoms with Gasteiger partial charge < -0.3 is 4.74 Å². The smallest absolute Gasteiger partial charge is 0.328 e. The fourth-order valence-corrected chi connectivity index (χ4v) is 3.90. The topological polar surface area (TPSA) is 61.2 Å². The molecule has 0 saturated heterocycles. The van der Waals surface area contributed by atoms with Gasteiger partial charge >= 0.3 is 5.97 Å². The number of benzene rings is 1. The zero-order valence-corrected chi connectivity index (χ0v) is 16.2. The Kier molecular flexibility index (Phi) is 5.23. The zero-order valence-electron chi connectivity index (χ0n) is 15.4. The molecular weight excluding hydrogens is 348 g/mol. The van der Waals surface area contributed by atoms with Gasteiger partial charge in [0.25, 0.3) is 5.56 Å². The van der Waals surface area contributed by atoms with Gasteiger partial charge in [-0.05, 0) is 32.8 Å². The van der Waals surface area contributed by atoms with E-state index in [4.69, 9.17) is 4.74 Å². The Labute approximate surface area is 156 Å². The van der Waals surface area contributed by atoms with E-state index in [-0.39, 0.29) is 5.56 Å². The average molecular weight is 370 g/mol. The Hall–Kier alpha value is -2.47. The summed E-state index contributed by atoms with van der Waals surface area (Å²) in [5.41, 5.74) is 2.83. The van der Waals surface area contributed by atoms with Gasteiger partial charge in [0.15, 0.2) is 0 Å². The molecule has 5 nitrogen and oxygen atoms in total. The van der Waals surface area contributed by atoms with Gasteiger partial charge in [-0.15, -0.1) is 11.3 Å². The van der Waals surface area contributed by atoms with E-state index in [1.165, 1.54) is 22.2 Å². The van der Waals surface area contributed by atoms with Crippen molar-refractivity contribution in [3.05, 3.63) is 51.4 Å². The van der Waals surface area contributed by atoms with Gasteiger partial charge in [0, 0.05) is 10.4 Å². The first-order chi connectivity index (χ1) is 12.4. The molecule has 6 heteroatoms. The fraction of sp³-hybridized carbons (Fsp3) is 0.350. The highest BCUT2D eigenvalue weighted by Crippen LogP contribution is 2.35. The van der Waals surface area contributed by atoms with Crippen LogP contribution in [-0.2, 0) is 9.53 Å². The molecule has 3 aromatic rings. The minimum Gasteiger partial charge on any atom is -0.464 e. The Balaban J connectivity index is 2.14. The number of carbonyl (C=O) groups excluding carboxylic acids is 1. The lowest BCUT2D eigenvalue weighted by Gasteiger charge is -2.14. The SMILES string of the molecule is CCCOC(=O)[C@@H](C)n1cnc2sc(C)c(-c3ccc(C)cc3)c2c1=O. The molecule has 0 aliphatic rings. The van der Waals surface area contributed by atoms with Gasteiger partial charge in [-0.1, -0.05) is 36.8 Å². The average Bonchev–Trinajstić information content (AvgIpc) is 2.97. The summed E-state index contributed by atoms with van der Waals surface area (Å²) in [5.74, 6) is -0.418. The lowest BCUT2D eigenvalue weighted by Crippen LogP contribution is -2.29. The first-order valence-electron chi connectivity index (χ1n) is 8.68. The van der Waals surface area contributed by atoms with Gasteiger partial charge in [-0.2, -0.15) is 0 Å². The molecular formula is C20H22N2O3S. The van der Waals surface area contributed by atoms with Crippen LogP contribution in [0.4, 0.5) is 0 Å². The van der Waals surface area contributed by atoms with Crippen LogP contribution in [0.3, 0.4) is 0 Å². The van der Waals surface area contributed by atoms with Gasteiger partial charge in [-0.25, -0.2) is 9.78 Å². The molecule has 2 heterocycles. The maximum absolute atomic E-state index is 13.1. The van der Waals surface area contributed by atoms with E-state index >= 15 is 0 Å². The van der Waals surface area contributed by atoms with E-state index in [9.17, 15) is 9.59 Å². The van der Waals surface area contributed by atoms with Crippen molar-refractivity contribution < 1.29 is 9.53 Å². The van der Waals surface area contributed by atoms with Crippen LogP contribution in [0.1, 0.15) is 36.8 Å². The van der Waals surface area contributed by atoms with Crippen molar-refractivity contribution in [3.8, 4) is 11.1 Å². The lowest BCUT2D eigenvalue weighted by molar-refractivity contribution is -0.147. The van der Waals surface area contributed by atoms with Crippen molar-refractivity contribution in [2.75, 3.05) is 6.61 Å². The quantitative estimate of drug-likeness (QED) is 0.630. The molecule has 3 rings (SSSR count). The second kappa shape index (κ2) is 7.41. The second-order valence-electron chi connectivity index (χ2n) is 6.38. The number of esters is 1. The summed E-state index contributed by atoms with van der Waals surface area (Å²) in [6, 6.07) is 7.37. The number of fused-ring (bicyclic) bond motifs is 1. The predicted molar refractivity (Wildman–Crippen MR) is 105 cm³/mol. The second-order valence-corrected chi connectivity index (χ2v) is 7.58. The summed E-state index contributed by atoms with van der Waals surface area (Å²) in [6.07, 6.45) is 2.18. The maximum atomic E-state index is 13.1. The van der Waals surface area contributed by atoms with Crippen LogP contribution in [0.25, 0.3) is 21.3 Å². The fourth-order valence-electron chi connectivity index (χ4n) is 2.90. The van der Waals surface area contributed by atoms with E-state index in [1.54, 1.807) is 6.92 Å². The van der Waals surface area contributed by atoms with Crippen molar-refractivity contribution in [2.45, 2.75) is 40.2 Å². The standard InChI is InChI=1S/C20H22N2O3S/c1-5-10-25-20(24)13(3)22-11-21-18-17(19(22)23)16(14(4)26-18)15-8-6-12(2)7-9-15/h6-9,11,13H,5,10H2,1-4H3/t13-/m1/s1. The molecule has 0 aliphatic carbocycles. The molecule has 0 N–H and O–H groups in total. The molecule has 2 aromatic heterocycles. The Morgan fingerprint density at radius 2 is 1.96 bits per heavy atom. The molecule has 0 spiro atoms. The number of hydrogen-bond acceptors (Lipinski definition) is 5. The van der Waals surface area contributed by atoms with E-state index in [1.807, 2.05) is 45.0 Å². The minimum absolute atomic E-state index is 0.212. The van der Waals surface area contributed by atoms with Crippen LogP contribution in [-0.4, -0.2) is 22.1 Å². The van der Waals surface area contributed by atoms with Gasteiger partial charge in [0.2, 0.25) is 0 Å². The number of aromatic nitrogens is 2. The van der Waals surface area contributed by atoms with E-state index in [2.05, 4.69) is 4.98 Å². The van der Waals surface area contributed by atoms with Crippen molar-refractivity contribution in [2.24, 2.45) is 0 Å². The van der Waals surface area contributed by atoms with Crippen LogP contribution >= 0.6 is 11.3 Å². The zero-order chi connectivity index (χ0) is 18.8. The molecule has 0 saturated carbocycles. The number of rotatable bonds is 5. The molecule has 1 atom stereocenters. The highest BCUT2D eigenvalue weighted by Gasteiger charge is 2.22. The van der Waals surface area contributed by atoms with Gasteiger partial charge in [-0.3, -0.25) is 9.36 Å². The first kappa shape index (κ1) is 18.3. The molecule has 0 aliphatic heterocycles. The monoisotopic (exact) mass is 370 g/mol. The molecule has 0 fully saturated rings. The third-order valence-corrected chi connectivity index (χ3v) is 5.37. The van der Waals surface area contributed by atoms with Crippen molar-refractivity contribution in [1.82, 2.24) is 9.55 Å². The Morgan fingerprint density at radius 1 is 1.27 bits per heavy atom. The predicted octanol–water partition coefficient (Wildman–Crippen LogP) is 4.26. The number of aryl methyl sites for hydroxylation is 2. The minimum atomic E-state index is -0.711. The number of ether oxygens (including phenoxy) is 1. The molecule has 0 unspecified atom stereocenters. The molecule has 136 valence electrons. The highest BCUT2D eigenvalue weighted by molar-refractivity contribution is 7.19. The van der Waals surface area contributed by atoms with Crippen LogP contribution in [0.5, 0.6) is 0 Å². The highest BCUT2D eigenvalue weighted by atomic mass is 32.1. The van der Waals surface area contributed by atoms with Gasteiger partial charge in [0.1, 0.15) is 10.9 Å². The third-order valence-electron chi connectivity index (χ3n) is 4.36. The summed E-state index contributed by atoms with van der Waals surface area (Å²) in [5, 5.41) is 0.564. The summed E-state index contributed by atoms with van der Waals surface area (Å²) >= 11 is 1.49. The van der Waals surface area contributed by atoms with Gasteiger partial charge in [0.05, 0.1) is 18.3 Å². The van der Waals surface area contributed by atoms with Crippen LogP contribution in [0.2, 0.25) is 0 Å². The number of thiophene rings is 1. The first-order valence-corrected chi connectivity index (χ1v) is 9.49. The summed E-state index contributed by atoms with van der Waals surface area (Å²) < 4.78 is 6.55. The molecule has 0 bridgehead atoms. The molecule has 26 heavy (non-hydrogen) atoms. The van der Waals surface area contributed by atoms with Crippen LogP contribution in [0, 0.1) is 13.8 Å². The van der Waals surface area contributed by atoms with Crippen molar-refractivity contribution in [1.29, 1.82) is 0 Å². The number of nitrogens with zero attached hydrogens (tertiary/aromatic N) is 2. The van der Waals surface area contributed by atoms with E-state index < -0.39 is 12.0 Å². The number of hydrogen-bond donors (Lipinski definition) is 0. The summed E-state index contributed by atoms with van der Waals surface area (Å²) in [4.78, 5) is 31.5. The maximum Gasteiger partial charge on any atom is 0.328 e. The summed E-state index contributed by atoms with van der Waals surface area (Å²) in [6.45, 7) is 7.96. The summed E-state index contributed by atoms with van der Waals surface area (Å²) in [7, 11) is 0.